The molecule has 4 N–H and O–H groups in total. The van der Waals surface area contributed by atoms with E-state index in [2.05, 4.69) is 94.7 Å². The second-order valence-corrected chi connectivity index (χ2v) is 23.4. The Balaban J connectivity index is 0.000000125. The van der Waals surface area contributed by atoms with Gasteiger partial charge >= 0.3 is 0 Å². The molecular formula is C58H71N17O7S2. The predicted octanol–water partition coefficient (Wildman–Crippen LogP) is 6.51. The lowest BCUT2D eigenvalue weighted by Gasteiger charge is -2.28. The first-order valence-electron chi connectivity index (χ1n) is 28.3. The first-order chi connectivity index (χ1) is 41.0. The number of morpholine rings is 2. The molecule has 24 nitrogen and oxygen atoms in total. The van der Waals surface area contributed by atoms with Crippen LogP contribution in [0.5, 0.6) is 17.2 Å². The molecule has 14 rings (SSSR count). The van der Waals surface area contributed by atoms with Gasteiger partial charge in [0.05, 0.1) is 63.9 Å². The minimum Gasteiger partial charge on any atom is -0.497 e. The lowest BCUT2D eigenvalue weighted by atomic mass is 10.2. The second-order valence-electron chi connectivity index (χ2n) is 20.8. The molecule has 0 unspecified atom stereocenters. The van der Waals surface area contributed by atoms with Crippen molar-refractivity contribution < 1.29 is 32.1 Å². The summed E-state index contributed by atoms with van der Waals surface area (Å²) in [5.74, 6) is 5.87. The number of H-pyrrole nitrogens is 3. The van der Waals surface area contributed by atoms with Crippen LogP contribution in [0.15, 0.2) is 83.1 Å². The number of aromatic amines is 3. The number of thioether (sulfide) groups is 1. The third-order valence-corrected chi connectivity index (χ3v) is 16.5. The van der Waals surface area contributed by atoms with Gasteiger partial charge in [0.25, 0.3) is 5.16 Å². The monoisotopic (exact) mass is 1180 g/mol. The zero-order valence-electron chi connectivity index (χ0n) is 48.1. The van der Waals surface area contributed by atoms with Crippen LogP contribution < -0.4 is 39.1 Å². The van der Waals surface area contributed by atoms with E-state index in [1.165, 1.54) is 11.1 Å². The molecular weight excluding hydrogens is 1110 g/mol. The lowest BCUT2D eigenvalue weighted by molar-refractivity contribution is 0.109. The largest absolute Gasteiger partial charge is 0.497 e. The zero-order chi connectivity index (χ0) is 58.0. The highest BCUT2D eigenvalue weighted by Gasteiger charge is 2.28. The van der Waals surface area contributed by atoms with Crippen molar-refractivity contribution in [3.63, 3.8) is 0 Å². The number of rotatable bonds is 12. The number of methoxy groups -OCH3 is 3. The molecule has 0 radical (unpaired) electrons. The molecule has 84 heavy (non-hydrogen) atoms. The number of nitrogens with zero attached hydrogens (tertiary/aromatic N) is 13. The van der Waals surface area contributed by atoms with Gasteiger partial charge in [-0.05, 0) is 97.9 Å². The van der Waals surface area contributed by atoms with Crippen molar-refractivity contribution in [2.24, 2.45) is 0 Å². The summed E-state index contributed by atoms with van der Waals surface area (Å²) < 4.78 is 50.2. The molecule has 5 aliphatic heterocycles. The van der Waals surface area contributed by atoms with Crippen molar-refractivity contribution >= 4 is 78.1 Å². The van der Waals surface area contributed by atoms with Crippen molar-refractivity contribution in [2.45, 2.75) is 68.5 Å². The Bertz CT molecular complexity index is 3750. The maximum atomic E-state index is 12.0. The number of aromatic nitrogens is 12. The number of ether oxygens (including phenoxy) is 5. The molecule has 3 aromatic carbocycles. The van der Waals surface area contributed by atoms with E-state index in [1.807, 2.05) is 54.8 Å². The molecule has 2 fully saturated rings. The third-order valence-electron chi connectivity index (χ3n) is 15.1. The Morgan fingerprint density at radius 1 is 0.512 bits per heavy atom. The minimum atomic E-state index is -3.53. The molecule has 6 aromatic heterocycles. The molecule has 0 aliphatic carbocycles. The van der Waals surface area contributed by atoms with Gasteiger partial charge in [-0.25, -0.2) is 23.4 Å². The van der Waals surface area contributed by atoms with Crippen LogP contribution in [0.1, 0.15) is 53.0 Å². The van der Waals surface area contributed by atoms with E-state index >= 15 is 0 Å². The fourth-order valence-electron chi connectivity index (χ4n) is 10.7. The van der Waals surface area contributed by atoms with Gasteiger partial charge in [0.1, 0.15) is 34.7 Å². The Hall–Kier alpha value is -7.91. The summed E-state index contributed by atoms with van der Waals surface area (Å²) >= 11 is 1.55. The molecule has 9 aromatic rings. The molecule has 0 saturated carbocycles. The molecule has 11 heterocycles. The van der Waals surface area contributed by atoms with Crippen molar-refractivity contribution in [3.8, 4) is 17.2 Å². The van der Waals surface area contributed by atoms with Crippen molar-refractivity contribution in [1.29, 1.82) is 0 Å². The van der Waals surface area contributed by atoms with Crippen LogP contribution in [0, 0.1) is 0 Å². The summed E-state index contributed by atoms with van der Waals surface area (Å²) in [6, 6.07) is 24.3. The van der Waals surface area contributed by atoms with E-state index in [9.17, 15) is 8.42 Å². The van der Waals surface area contributed by atoms with Gasteiger partial charge in [-0.2, -0.15) is 30.2 Å². The van der Waals surface area contributed by atoms with Gasteiger partial charge in [-0.1, -0.05) is 48.2 Å². The highest BCUT2D eigenvalue weighted by atomic mass is 32.2. The van der Waals surface area contributed by atoms with Crippen LogP contribution in [-0.2, 0) is 58.2 Å². The van der Waals surface area contributed by atoms with E-state index in [1.54, 1.807) is 33.1 Å². The van der Waals surface area contributed by atoms with Crippen molar-refractivity contribution in [2.75, 3.05) is 126 Å². The summed E-state index contributed by atoms with van der Waals surface area (Å²) in [6.07, 6.45) is 8.90. The quantitative estimate of drug-likeness (QED) is 0.0750. The smallest absolute Gasteiger partial charge is 0.250 e. The van der Waals surface area contributed by atoms with Crippen LogP contribution in [0.4, 0.5) is 23.4 Å². The van der Waals surface area contributed by atoms with E-state index in [0.29, 0.717) is 31.2 Å². The standard InChI is InChI=1S/C20H24N6O2.C17H19N5O3S.C17H19N5OS.C4H9NO/c1-27-15-6-4-14(5-7-15)13-26-8-2-3-16-17-18(24-23-16)21-20(22-19(17)26)25-9-11-28-12-10-25;1-25-12-7-5-11(6-8-12)10-22-9-3-4-13-14-15(21-20-13)18-17(19-16(14)22)26(2,23)24;1-23-12-7-5-11(6-8-12)10-22-9-3-4-13-14-15(21-20-13)18-17(24-2)19-16(14)22;1-3-6-4-2-5-1/h4-7H,2-3,8-13H2,1H3,(H,21,22,23,24);5-8H,3-4,9-10H2,1-2H3,(H,18,19,20,21);5-8H,3-4,9-10H2,1-2H3,(H,18,19,20,21);5H,1-4H2. The topological polar surface area (TPSA) is 269 Å². The Kier molecular flexibility index (Phi) is 18.4. The number of sulfone groups is 1. The molecule has 442 valence electrons. The lowest BCUT2D eigenvalue weighted by Crippen LogP contribution is -2.37. The molecule has 2 saturated heterocycles. The van der Waals surface area contributed by atoms with Crippen molar-refractivity contribution in [1.82, 2.24) is 65.8 Å². The van der Waals surface area contributed by atoms with Gasteiger partial charge < -0.3 is 48.6 Å². The van der Waals surface area contributed by atoms with Gasteiger partial charge in [-0.15, -0.1) is 0 Å². The number of hydrogen-bond acceptors (Lipinski definition) is 22. The predicted molar refractivity (Wildman–Crippen MR) is 324 cm³/mol. The first-order valence-corrected chi connectivity index (χ1v) is 31.4. The first kappa shape index (κ1) is 57.9. The molecule has 0 spiro atoms. The Labute approximate surface area is 491 Å². The SMILES string of the molecule is C1COCCN1.COc1ccc(CN2CCCc3[nH]nc4nc(N5CCOCC5)nc2c34)cc1.COc1ccc(CN2CCCc3[nH]nc4nc(S(C)(=O)=O)nc2c34)cc1.COc1ccc(CN2CCCc3[nH]nc4nc(SC)nc2c34)cc1. The van der Waals surface area contributed by atoms with E-state index in [0.717, 1.165) is 207 Å². The summed E-state index contributed by atoms with van der Waals surface area (Å²) in [4.78, 5) is 36.5. The van der Waals surface area contributed by atoms with E-state index < -0.39 is 9.84 Å². The van der Waals surface area contributed by atoms with Gasteiger partial charge in [-0.3, -0.25) is 15.3 Å². The highest BCUT2D eigenvalue weighted by molar-refractivity contribution is 7.98. The molecule has 0 bridgehead atoms. The number of benzene rings is 3. The number of anilines is 4. The minimum absolute atomic E-state index is 0.195. The van der Waals surface area contributed by atoms with Crippen LogP contribution >= 0.6 is 11.8 Å². The Morgan fingerprint density at radius 2 is 0.917 bits per heavy atom. The number of hydrogen-bond donors (Lipinski definition) is 4. The third kappa shape index (κ3) is 13.5. The normalized spacial score (nSPS) is 15.9. The summed E-state index contributed by atoms with van der Waals surface area (Å²) in [5, 5.41) is 29.0. The summed E-state index contributed by atoms with van der Waals surface area (Å²) in [5.41, 5.74) is 8.70. The Morgan fingerprint density at radius 3 is 1.31 bits per heavy atom. The van der Waals surface area contributed by atoms with Crippen LogP contribution in [-0.4, -0.2) is 175 Å². The van der Waals surface area contributed by atoms with E-state index in [4.69, 9.17) is 38.6 Å². The van der Waals surface area contributed by atoms with Crippen LogP contribution in [0.3, 0.4) is 0 Å². The maximum absolute atomic E-state index is 12.0. The molecule has 0 amide bonds. The average Bonchev–Trinajstić information content (AvgIpc) is 3.78. The van der Waals surface area contributed by atoms with Gasteiger partial charge in [0, 0.05) is 88.8 Å². The van der Waals surface area contributed by atoms with Crippen LogP contribution in [0.2, 0.25) is 0 Å². The molecule has 0 atom stereocenters. The number of aryl methyl sites for hydroxylation is 3. The van der Waals surface area contributed by atoms with Crippen LogP contribution in [0.25, 0.3) is 33.1 Å². The maximum Gasteiger partial charge on any atom is 0.250 e. The summed E-state index contributed by atoms with van der Waals surface area (Å²) in [6.45, 7) is 11.8. The summed E-state index contributed by atoms with van der Waals surface area (Å²) in [7, 11) is 1.48. The average molecular weight is 1180 g/mol. The molecule has 26 heteroatoms. The zero-order valence-corrected chi connectivity index (χ0v) is 49.7. The highest BCUT2D eigenvalue weighted by Crippen LogP contribution is 2.36. The number of nitrogens with one attached hydrogen (secondary N) is 4. The fourth-order valence-corrected chi connectivity index (χ4v) is 11.6. The second kappa shape index (κ2) is 26.8. The van der Waals surface area contributed by atoms with E-state index in [-0.39, 0.29) is 5.16 Å². The fraction of sp³-hybridized carbons (Fsp3) is 0.431. The van der Waals surface area contributed by atoms with Gasteiger partial charge in [0.15, 0.2) is 22.1 Å². The van der Waals surface area contributed by atoms with Crippen molar-refractivity contribution in [3.05, 3.63) is 107 Å². The van der Waals surface area contributed by atoms with Gasteiger partial charge in [0.2, 0.25) is 15.8 Å². The molecule has 5 aliphatic rings.